The predicted molar refractivity (Wildman–Crippen MR) is 165 cm³/mol. The number of anilines is 3. The molecule has 0 spiro atoms. The summed E-state index contributed by atoms with van der Waals surface area (Å²) < 4.78 is 0. The first-order valence-electron chi connectivity index (χ1n) is 13.4. The molecular weight excluding hydrogens is 510 g/mol. The lowest BCUT2D eigenvalue weighted by atomic mass is 10.0. The first kappa shape index (κ1) is 31.7. The fourth-order valence-electron chi connectivity index (χ4n) is 4.05. The second kappa shape index (κ2) is 15.2. The van der Waals surface area contributed by atoms with Gasteiger partial charge in [-0.25, -0.2) is 9.97 Å². The summed E-state index contributed by atoms with van der Waals surface area (Å²) in [7, 11) is 3.93. The number of hydrogen-bond donors (Lipinski definition) is 4. The van der Waals surface area contributed by atoms with Gasteiger partial charge in [0.05, 0.1) is 11.2 Å². The number of carbonyl (C=O) groups excluding carboxylic acids is 2. The average Bonchev–Trinajstić information content (AvgIpc) is 2.93. The Morgan fingerprint density at radius 2 is 1.87 bits per heavy atom. The maximum absolute atomic E-state index is 12.8. The summed E-state index contributed by atoms with van der Waals surface area (Å²) in [6, 6.07) is 7.47. The Morgan fingerprint density at radius 3 is 2.46 bits per heavy atom. The fourth-order valence-corrected chi connectivity index (χ4v) is 4.35. The first-order valence-corrected chi connectivity index (χ1v) is 13.9. The van der Waals surface area contributed by atoms with Crippen LogP contribution in [0.1, 0.15) is 74.7 Å². The van der Waals surface area contributed by atoms with Crippen LogP contribution >= 0.6 is 12.6 Å². The molecule has 0 aliphatic carbocycles. The van der Waals surface area contributed by atoms with Crippen LogP contribution in [0, 0.1) is 0 Å². The molecule has 10 heteroatoms. The Labute approximate surface area is 238 Å². The number of aromatic nitrogens is 2. The van der Waals surface area contributed by atoms with Gasteiger partial charge in [0.15, 0.2) is 11.5 Å². The molecule has 1 aliphatic rings. The standard InChI is InChI=1S/C27H37N7O2S.C2H6/c1-6-17(2)18(3)14-23(37)32-26-24(25(28)35)29-15-22(31-26)34-13-7-8-20(16-34)30-27(36)19-9-11-21(12-10-19)33(4)5;1-2/h9-12,14-15,20,37H,6-8,13,16H2,1-5H3,(H2,28,35)(H,30,36)(H,31,32);1-2H3/b18-17?,23-14-;/t20-;/m1./s1. The highest BCUT2D eigenvalue weighted by molar-refractivity contribution is 7.84. The number of hydrogen-bond acceptors (Lipinski definition) is 8. The normalized spacial score (nSPS) is 15.9. The van der Waals surface area contributed by atoms with Gasteiger partial charge in [-0.3, -0.25) is 9.59 Å². The maximum Gasteiger partial charge on any atom is 0.271 e. The van der Waals surface area contributed by atoms with E-state index in [1.807, 2.05) is 70.1 Å². The van der Waals surface area contributed by atoms with Crippen molar-refractivity contribution < 1.29 is 9.59 Å². The Kier molecular flexibility index (Phi) is 12.3. The Bertz CT molecular complexity index is 1190. The molecule has 1 aliphatic heterocycles. The number of nitrogens with zero attached hydrogens (tertiary/aromatic N) is 4. The van der Waals surface area contributed by atoms with Gasteiger partial charge >= 0.3 is 0 Å². The number of amides is 2. The molecule has 1 aromatic carbocycles. The van der Waals surface area contributed by atoms with Crippen LogP contribution in [-0.2, 0) is 0 Å². The van der Waals surface area contributed by atoms with E-state index in [-0.39, 0.29) is 23.5 Å². The maximum atomic E-state index is 12.8. The number of nitrogens with two attached hydrogens (primary N) is 1. The zero-order valence-electron chi connectivity index (χ0n) is 24.2. The summed E-state index contributed by atoms with van der Waals surface area (Å²) in [4.78, 5) is 37.8. The molecule has 0 unspecified atom stereocenters. The van der Waals surface area contributed by atoms with Gasteiger partial charge in [-0.1, -0.05) is 26.3 Å². The molecule has 4 N–H and O–H groups in total. The molecule has 212 valence electrons. The van der Waals surface area contributed by atoms with Crippen LogP contribution < -0.4 is 26.2 Å². The fraction of sp³-hybridized carbons (Fsp3) is 0.448. The monoisotopic (exact) mass is 553 g/mol. The summed E-state index contributed by atoms with van der Waals surface area (Å²) in [6.45, 7) is 11.5. The molecule has 3 rings (SSSR count). The minimum absolute atomic E-state index is 0.0422. The van der Waals surface area contributed by atoms with Crippen molar-refractivity contribution >= 4 is 41.8 Å². The van der Waals surface area contributed by atoms with Gasteiger partial charge in [0.2, 0.25) is 0 Å². The van der Waals surface area contributed by atoms with Crippen LogP contribution in [0.2, 0.25) is 0 Å². The largest absolute Gasteiger partial charge is 0.378 e. The molecule has 0 radical (unpaired) electrons. The molecule has 0 bridgehead atoms. The smallest absolute Gasteiger partial charge is 0.271 e. The summed E-state index contributed by atoms with van der Waals surface area (Å²) in [5.41, 5.74) is 9.56. The van der Waals surface area contributed by atoms with Gasteiger partial charge in [0, 0.05) is 44.5 Å². The molecular formula is C29H43N7O2S. The summed E-state index contributed by atoms with van der Waals surface area (Å²) >= 11 is 4.53. The number of carbonyl (C=O) groups is 2. The van der Waals surface area contributed by atoms with E-state index in [0.29, 0.717) is 23.0 Å². The van der Waals surface area contributed by atoms with Crippen LogP contribution in [0.3, 0.4) is 0 Å². The molecule has 1 fully saturated rings. The zero-order valence-corrected chi connectivity index (χ0v) is 25.1. The van der Waals surface area contributed by atoms with Crippen molar-refractivity contribution in [3.8, 4) is 0 Å². The van der Waals surface area contributed by atoms with Crippen LogP contribution in [-0.4, -0.2) is 55.0 Å². The highest BCUT2D eigenvalue weighted by Gasteiger charge is 2.24. The van der Waals surface area contributed by atoms with E-state index in [2.05, 4.69) is 52.0 Å². The van der Waals surface area contributed by atoms with E-state index < -0.39 is 5.91 Å². The third-order valence-electron chi connectivity index (χ3n) is 6.52. The van der Waals surface area contributed by atoms with Crippen molar-refractivity contribution in [2.75, 3.05) is 42.3 Å². The van der Waals surface area contributed by atoms with Crippen molar-refractivity contribution in [1.29, 1.82) is 0 Å². The van der Waals surface area contributed by atoms with E-state index >= 15 is 0 Å². The average molecular weight is 554 g/mol. The third kappa shape index (κ3) is 9.02. The van der Waals surface area contributed by atoms with E-state index in [1.54, 1.807) is 6.20 Å². The van der Waals surface area contributed by atoms with E-state index in [1.165, 1.54) is 5.57 Å². The highest BCUT2D eigenvalue weighted by Crippen LogP contribution is 2.23. The molecule has 2 aromatic rings. The lowest BCUT2D eigenvalue weighted by molar-refractivity contribution is 0.0932. The number of thiol groups is 1. The number of rotatable bonds is 9. The summed E-state index contributed by atoms with van der Waals surface area (Å²) in [5, 5.41) is 6.75. The molecule has 1 atom stereocenters. The van der Waals surface area contributed by atoms with Gasteiger partial charge in [-0.2, -0.15) is 0 Å². The first-order chi connectivity index (χ1) is 18.6. The summed E-state index contributed by atoms with van der Waals surface area (Å²) in [5.74, 6) is 0.0642. The third-order valence-corrected chi connectivity index (χ3v) is 6.76. The number of benzene rings is 1. The lowest BCUT2D eigenvalue weighted by Gasteiger charge is -2.34. The Hall–Kier alpha value is -3.53. The highest BCUT2D eigenvalue weighted by atomic mass is 32.1. The quantitative estimate of drug-likeness (QED) is 0.255. The number of nitrogens with one attached hydrogen (secondary N) is 2. The molecule has 1 saturated heterocycles. The van der Waals surface area contributed by atoms with Gasteiger partial charge in [0.1, 0.15) is 5.82 Å². The van der Waals surface area contributed by atoms with Crippen molar-refractivity contribution in [2.45, 2.75) is 59.9 Å². The predicted octanol–water partition coefficient (Wildman–Crippen LogP) is 5.00. The van der Waals surface area contributed by atoms with Crippen molar-refractivity contribution in [3.05, 3.63) is 64.0 Å². The number of primary amides is 1. The van der Waals surface area contributed by atoms with Crippen molar-refractivity contribution in [1.82, 2.24) is 15.3 Å². The SMILES string of the molecule is CC.CCC(C)=C(C)/C=C(\S)Nc1nc(N2CCC[C@@H](NC(=O)c3ccc(N(C)C)cc3)C2)cnc1C(N)=O. The number of allylic oxidation sites excluding steroid dienone is 3. The topological polar surface area (TPSA) is 116 Å². The van der Waals surface area contributed by atoms with Crippen molar-refractivity contribution in [3.63, 3.8) is 0 Å². The van der Waals surface area contributed by atoms with Crippen LogP contribution in [0.15, 0.2) is 52.7 Å². The van der Waals surface area contributed by atoms with Crippen LogP contribution in [0.5, 0.6) is 0 Å². The van der Waals surface area contributed by atoms with Gasteiger partial charge < -0.3 is 26.2 Å². The molecule has 2 heterocycles. The van der Waals surface area contributed by atoms with Gasteiger partial charge in [0.25, 0.3) is 11.8 Å². The molecule has 0 saturated carbocycles. The minimum Gasteiger partial charge on any atom is -0.378 e. The van der Waals surface area contributed by atoms with Gasteiger partial charge in [-0.05, 0) is 69.0 Å². The molecule has 1 aromatic heterocycles. The second-order valence-corrected chi connectivity index (χ2v) is 9.94. The molecule has 9 nitrogen and oxygen atoms in total. The van der Waals surface area contributed by atoms with E-state index in [9.17, 15) is 9.59 Å². The van der Waals surface area contributed by atoms with Crippen LogP contribution in [0.4, 0.5) is 17.3 Å². The lowest BCUT2D eigenvalue weighted by Crippen LogP contribution is -2.48. The van der Waals surface area contributed by atoms with Crippen LogP contribution in [0.25, 0.3) is 0 Å². The minimum atomic E-state index is -0.677. The number of piperidine rings is 1. The Balaban J connectivity index is 0.00000260. The van der Waals surface area contributed by atoms with Crippen molar-refractivity contribution in [2.24, 2.45) is 5.73 Å². The Morgan fingerprint density at radius 1 is 1.21 bits per heavy atom. The second-order valence-electron chi connectivity index (χ2n) is 9.46. The zero-order chi connectivity index (χ0) is 29.1. The molecule has 39 heavy (non-hydrogen) atoms. The molecule has 2 amide bonds. The van der Waals surface area contributed by atoms with E-state index in [0.717, 1.165) is 37.1 Å². The van der Waals surface area contributed by atoms with Gasteiger partial charge in [-0.15, -0.1) is 12.6 Å². The summed E-state index contributed by atoms with van der Waals surface area (Å²) in [6.07, 6.45) is 6.11. The van der Waals surface area contributed by atoms with E-state index in [4.69, 9.17) is 5.73 Å².